The first-order valence-corrected chi connectivity index (χ1v) is 16.5. The van der Waals surface area contributed by atoms with Crippen LogP contribution in [0.3, 0.4) is 0 Å². The van der Waals surface area contributed by atoms with Crippen molar-refractivity contribution in [3.63, 3.8) is 0 Å². The van der Waals surface area contributed by atoms with Crippen LogP contribution in [0.5, 0.6) is 0 Å². The molecule has 6 heterocycles. The average Bonchev–Trinajstić information content (AvgIpc) is 3.66. The fourth-order valence-corrected chi connectivity index (χ4v) is 7.93. The van der Waals surface area contributed by atoms with Gasteiger partial charge in [-0.1, -0.05) is 0 Å². The molecule has 13 heteroatoms. The Kier molecular flexibility index (Phi) is 10.3. The van der Waals surface area contributed by atoms with Gasteiger partial charge in [-0.2, -0.15) is 0 Å². The van der Waals surface area contributed by atoms with E-state index in [9.17, 15) is 24.0 Å². The number of piperidine rings is 2. The van der Waals surface area contributed by atoms with Gasteiger partial charge in [0.25, 0.3) is 0 Å². The Hall–Kier alpha value is -3.06. The molecule has 0 radical (unpaired) electrons. The van der Waals surface area contributed by atoms with E-state index in [1.165, 1.54) is 4.90 Å². The van der Waals surface area contributed by atoms with Crippen LogP contribution in [-0.4, -0.2) is 125 Å². The molecule has 12 nitrogen and oxygen atoms in total. The van der Waals surface area contributed by atoms with Crippen LogP contribution < -0.4 is 5.32 Å². The number of carbonyl (C=O) groups is 5. The largest absolute Gasteiger partial charge is 0.395 e. The monoisotopic (exact) mass is 616 g/mol. The van der Waals surface area contributed by atoms with Gasteiger partial charge in [-0.05, 0) is 50.9 Å². The number of hydrogen-bond acceptors (Lipinski definition) is 8. The summed E-state index contributed by atoms with van der Waals surface area (Å²) in [5.74, 6) is -1.10. The van der Waals surface area contributed by atoms with Gasteiger partial charge in [0.1, 0.15) is 13.1 Å². The van der Waals surface area contributed by atoms with Gasteiger partial charge in [-0.3, -0.25) is 24.0 Å². The Balaban J connectivity index is 1.40. The fraction of sp³-hybridized carbons (Fsp3) is 0.733. The number of thiazole rings is 1. The molecule has 0 aromatic carbocycles. The van der Waals surface area contributed by atoms with E-state index in [2.05, 4.69) is 5.32 Å². The van der Waals surface area contributed by atoms with Gasteiger partial charge in [0.2, 0.25) is 29.5 Å². The Bertz CT molecular complexity index is 1210. The highest BCUT2D eigenvalue weighted by molar-refractivity contribution is 7.11. The molecule has 43 heavy (non-hydrogen) atoms. The van der Waals surface area contributed by atoms with Gasteiger partial charge in [0.05, 0.1) is 23.7 Å². The zero-order chi connectivity index (χ0) is 30.5. The summed E-state index contributed by atoms with van der Waals surface area (Å²) in [5, 5.41) is 12.7. The molecule has 6 rings (SSSR count). The lowest BCUT2D eigenvalue weighted by molar-refractivity contribution is -0.145. The molecule has 0 unspecified atom stereocenters. The van der Waals surface area contributed by atoms with Gasteiger partial charge in [0, 0.05) is 69.4 Å². The van der Waals surface area contributed by atoms with Gasteiger partial charge in [-0.15, -0.1) is 11.3 Å². The third kappa shape index (κ3) is 7.72. The molecule has 236 valence electrons. The van der Waals surface area contributed by atoms with E-state index in [1.807, 2.05) is 11.8 Å². The third-order valence-corrected chi connectivity index (χ3v) is 10.6. The number of aliphatic hydroxyl groups is 1. The summed E-state index contributed by atoms with van der Waals surface area (Å²) in [6, 6.07) is 0. The second-order valence-electron chi connectivity index (χ2n) is 12.4. The van der Waals surface area contributed by atoms with Gasteiger partial charge < -0.3 is 30.0 Å². The number of amides is 5. The van der Waals surface area contributed by atoms with Crippen molar-refractivity contribution >= 4 is 40.9 Å². The molecule has 1 aromatic rings. The molecule has 3 fully saturated rings. The van der Waals surface area contributed by atoms with Crippen molar-refractivity contribution in [3.05, 3.63) is 15.6 Å². The first kappa shape index (κ1) is 31.4. The summed E-state index contributed by atoms with van der Waals surface area (Å²) in [6.45, 7) is 4.75. The molecule has 2 atom stereocenters. The van der Waals surface area contributed by atoms with E-state index in [1.54, 1.807) is 21.1 Å². The summed E-state index contributed by atoms with van der Waals surface area (Å²) in [6.07, 6.45) is 4.65. The lowest BCUT2D eigenvalue weighted by Crippen LogP contribution is -2.50. The quantitative estimate of drug-likeness (QED) is 0.474. The second kappa shape index (κ2) is 14.1. The minimum Gasteiger partial charge on any atom is -0.395 e. The van der Waals surface area contributed by atoms with Crippen molar-refractivity contribution in [2.75, 3.05) is 65.5 Å². The number of nitrogens with one attached hydrogen (secondary N) is 1. The molecular formula is C30H44N6O6S. The van der Waals surface area contributed by atoms with Gasteiger partial charge in [0.15, 0.2) is 0 Å². The van der Waals surface area contributed by atoms with Crippen LogP contribution in [0.15, 0.2) is 0 Å². The van der Waals surface area contributed by atoms with Crippen molar-refractivity contribution in [2.24, 2.45) is 11.8 Å². The molecule has 5 aliphatic rings. The van der Waals surface area contributed by atoms with Crippen LogP contribution in [0.1, 0.15) is 66.4 Å². The van der Waals surface area contributed by atoms with Crippen LogP contribution in [0, 0.1) is 18.8 Å². The number of aliphatic hydroxyl groups excluding tert-OH is 1. The predicted molar refractivity (Wildman–Crippen MR) is 159 cm³/mol. The number of aromatic nitrogens is 1. The van der Waals surface area contributed by atoms with Crippen molar-refractivity contribution in [1.29, 1.82) is 0 Å². The number of fused-ring (bicyclic) bond motifs is 7. The summed E-state index contributed by atoms with van der Waals surface area (Å²) in [4.78, 5) is 79.2. The standard InChI is InChI=1S/C30H44N6O6S/c1-20-24-16-28(41)35-12-6-22(14-26(39)33-8-2-3-9-33)23(17-35)15-27(40)36(18-25(38)31-7-13-37)19-29(42)34-10-4-21(5-11-34)30(32-24)43-20/h21-23,37H,2-19H2,1H3,(H,31,38)/t22-,23-/m0/s1. The van der Waals surface area contributed by atoms with Crippen molar-refractivity contribution in [3.8, 4) is 0 Å². The first-order valence-electron chi connectivity index (χ1n) is 15.7. The topological polar surface area (TPSA) is 143 Å². The van der Waals surface area contributed by atoms with E-state index < -0.39 is 5.91 Å². The number of carbonyl (C=O) groups excluding carboxylic acids is 5. The lowest BCUT2D eigenvalue weighted by Gasteiger charge is -2.39. The highest BCUT2D eigenvalue weighted by Crippen LogP contribution is 2.34. The number of likely N-dealkylation sites (tertiary alicyclic amines) is 1. The van der Waals surface area contributed by atoms with Crippen LogP contribution >= 0.6 is 11.3 Å². The zero-order valence-corrected chi connectivity index (χ0v) is 25.9. The van der Waals surface area contributed by atoms with Crippen molar-refractivity contribution < 1.29 is 29.1 Å². The predicted octanol–water partition coefficient (Wildman–Crippen LogP) is 0.518. The summed E-state index contributed by atoms with van der Waals surface area (Å²) >= 11 is 1.63. The summed E-state index contributed by atoms with van der Waals surface area (Å²) in [7, 11) is 0. The Morgan fingerprint density at radius 3 is 2.42 bits per heavy atom. The Morgan fingerprint density at radius 2 is 1.70 bits per heavy atom. The van der Waals surface area contributed by atoms with E-state index in [0.717, 1.165) is 54.4 Å². The lowest BCUT2D eigenvalue weighted by atomic mass is 9.80. The number of rotatable bonds is 6. The summed E-state index contributed by atoms with van der Waals surface area (Å²) in [5.41, 5.74) is 0.798. The van der Waals surface area contributed by atoms with Gasteiger partial charge >= 0.3 is 0 Å². The van der Waals surface area contributed by atoms with Crippen LogP contribution in [0.4, 0.5) is 0 Å². The smallest absolute Gasteiger partial charge is 0.242 e. The number of hydrogen-bond donors (Lipinski definition) is 2. The highest BCUT2D eigenvalue weighted by Gasteiger charge is 2.37. The van der Waals surface area contributed by atoms with Crippen molar-refractivity contribution in [2.45, 2.75) is 64.2 Å². The second-order valence-corrected chi connectivity index (χ2v) is 13.6. The number of nitrogens with zero attached hydrogens (tertiary/aromatic N) is 5. The zero-order valence-electron chi connectivity index (χ0n) is 25.1. The Morgan fingerprint density at radius 1 is 0.977 bits per heavy atom. The van der Waals surface area contributed by atoms with E-state index in [4.69, 9.17) is 10.1 Å². The molecule has 2 N–H and O–H groups in total. The van der Waals surface area contributed by atoms with Crippen molar-refractivity contribution in [1.82, 2.24) is 29.9 Å². The normalized spacial score (nSPS) is 25.3. The first-order chi connectivity index (χ1) is 20.7. The molecule has 5 amide bonds. The van der Waals surface area contributed by atoms with Gasteiger partial charge in [-0.25, -0.2) is 4.98 Å². The molecule has 0 aliphatic carbocycles. The average molecular weight is 617 g/mol. The SMILES string of the molecule is Cc1sc2nc1CC(=O)N1CC[C@@H](CC(=O)N3CCCC3)[C@@H](CC(=O)N(CC(=O)NCCO)CC(=O)N3CCC2CC3)C1. The molecule has 0 saturated carbocycles. The molecule has 3 saturated heterocycles. The van der Waals surface area contributed by atoms with E-state index in [0.29, 0.717) is 39.0 Å². The Labute approximate surface area is 256 Å². The molecule has 1 aromatic heterocycles. The van der Waals surface area contributed by atoms with Crippen LogP contribution in [0.2, 0.25) is 0 Å². The third-order valence-electron chi connectivity index (χ3n) is 9.45. The maximum atomic E-state index is 13.8. The highest BCUT2D eigenvalue weighted by atomic mass is 32.1. The molecule has 5 aliphatic heterocycles. The molecule has 0 spiro atoms. The maximum absolute atomic E-state index is 13.8. The van der Waals surface area contributed by atoms with Crippen LogP contribution in [-0.2, 0) is 30.4 Å². The minimum atomic E-state index is -0.448. The fourth-order valence-electron chi connectivity index (χ4n) is 6.82. The number of aryl methyl sites for hydroxylation is 1. The van der Waals surface area contributed by atoms with Crippen LogP contribution in [0.25, 0.3) is 0 Å². The van der Waals surface area contributed by atoms with E-state index >= 15 is 0 Å². The summed E-state index contributed by atoms with van der Waals surface area (Å²) < 4.78 is 0. The molecule has 6 bridgehead atoms. The molecular weight excluding hydrogens is 572 g/mol. The minimum absolute atomic E-state index is 0.0312. The maximum Gasteiger partial charge on any atom is 0.242 e. The van der Waals surface area contributed by atoms with E-state index in [-0.39, 0.29) is 80.5 Å².